The lowest BCUT2D eigenvalue weighted by molar-refractivity contribution is 0.556. The maximum Gasteiger partial charge on any atom is 0.0178 e. The van der Waals surface area contributed by atoms with E-state index in [1.807, 2.05) is 0 Å². The van der Waals surface area contributed by atoms with Crippen molar-refractivity contribution in [3.63, 3.8) is 0 Å². The molecule has 0 bridgehead atoms. The molecule has 0 fully saturated rings. The fraction of sp³-hybridized carbons (Fsp3) is 0.500. The fourth-order valence-electron chi connectivity index (χ4n) is 1.85. The Labute approximate surface area is 120 Å². The monoisotopic (exact) mass is 309 g/mol. The largest absolute Gasteiger partial charge is 0.316 e. The molecule has 1 N–H and O–H groups in total. The van der Waals surface area contributed by atoms with Gasteiger partial charge in [-0.1, -0.05) is 53.6 Å². The molecule has 0 spiro atoms. The second-order valence-electron chi connectivity index (χ2n) is 5.24. The van der Waals surface area contributed by atoms with Gasteiger partial charge in [0.1, 0.15) is 0 Å². The number of hydrogen-bond donors (Lipinski definition) is 1. The highest BCUT2D eigenvalue weighted by atomic mass is 79.9. The van der Waals surface area contributed by atoms with Crippen molar-refractivity contribution >= 4 is 15.9 Å². The van der Waals surface area contributed by atoms with Gasteiger partial charge in [-0.3, -0.25) is 0 Å². The van der Waals surface area contributed by atoms with Gasteiger partial charge in [0.25, 0.3) is 0 Å². The molecule has 0 atom stereocenters. The average molecular weight is 310 g/mol. The molecule has 100 valence electrons. The van der Waals surface area contributed by atoms with E-state index in [-0.39, 0.29) is 0 Å². The van der Waals surface area contributed by atoms with Crippen LogP contribution in [-0.4, -0.2) is 13.1 Å². The summed E-state index contributed by atoms with van der Waals surface area (Å²) in [6.07, 6.45) is 4.50. The molecule has 2 heteroatoms. The van der Waals surface area contributed by atoms with E-state index in [1.54, 1.807) is 0 Å². The van der Waals surface area contributed by atoms with Crippen molar-refractivity contribution in [3.05, 3.63) is 46.0 Å². The van der Waals surface area contributed by atoms with Crippen molar-refractivity contribution in [1.29, 1.82) is 0 Å². The summed E-state index contributed by atoms with van der Waals surface area (Å²) in [5.74, 6) is 0.733. The summed E-state index contributed by atoms with van der Waals surface area (Å²) in [6, 6.07) is 8.53. The molecule has 0 aromatic heterocycles. The first-order valence-corrected chi connectivity index (χ1v) is 7.48. The van der Waals surface area contributed by atoms with Crippen LogP contribution in [0, 0.1) is 5.92 Å². The predicted octanol–water partition coefficient (Wildman–Crippen LogP) is 4.57. The summed E-state index contributed by atoms with van der Waals surface area (Å²) in [6.45, 7) is 8.87. The first-order chi connectivity index (χ1) is 8.58. The lowest BCUT2D eigenvalue weighted by atomic mass is 10.1. The molecule has 1 aromatic rings. The zero-order valence-electron chi connectivity index (χ0n) is 11.7. The molecule has 0 aliphatic carbocycles. The Balaban J connectivity index is 2.29. The standard InChI is InChI=1S/C16H24BrN/c1-13(2)12-18-9-5-6-14(3)10-15-7-4-8-16(17)11-15/h4,6-8,11,13,18H,5,9-10,12H2,1-3H3. The van der Waals surface area contributed by atoms with E-state index in [1.165, 1.54) is 11.1 Å². The van der Waals surface area contributed by atoms with E-state index in [9.17, 15) is 0 Å². The smallest absolute Gasteiger partial charge is 0.0178 e. The fourth-order valence-corrected chi connectivity index (χ4v) is 2.30. The van der Waals surface area contributed by atoms with E-state index in [0.717, 1.165) is 36.3 Å². The summed E-state index contributed by atoms with van der Waals surface area (Å²) >= 11 is 3.51. The van der Waals surface area contributed by atoms with Gasteiger partial charge in [0.2, 0.25) is 0 Å². The Morgan fingerprint density at radius 3 is 2.83 bits per heavy atom. The topological polar surface area (TPSA) is 12.0 Å². The molecule has 0 aliphatic heterocycles. The van der Waals surface area contributed by atoms with Crippen LogP contribution in [0.15, 0.2) is 40.4 Å². The van der Waals surface area contributed by atoms with Crippen LogP contribution in [0.4, 0.5) is 0 Å². The van der Waals surface area contributed by atoms with Crippen molar-refractivity contribution < 1.29 is 0 Å². The maximum atomic E-state index is 3.51. The Morgan fingerprint density at radius 1 is 1.39 bits per heavy atom. The molecule has 0 saturated heterocycles. The second-order valence-corrected chi connectivity index (χ2v) is 6.16. The molecule has 18 heavy (non-hydrogen) atoms. The van der Waals surface area contributed by atoms with E-state index in [0.29, 0.717) is 0 Å². The number of nitrogens with one attached hydrogen (secondary N) is 1. The highest BCUT2D eigenvalue weighted by molar-refractivity contribution is 9.10. The number of hydrogen-bond acceptors (Lipinski definition) is 1. The van der Waals surface area contributed by atoms with Crippen LogP contribution in [0.1, 0.15) is 32.8 Å². The quantitative estimate of drug-likeness (QED) is 0.574. The van der Waals surface area contributed by atoms with Gasteiger partial charge < -0.3 is 5.32 Å². The van der Waals surface area contributed by atoms with Crippen LogP contribution < -0.4 is 5.32 Å². The summed E-state index contributed by atoms with van der Waals surface area (Å²) < 4.78 is 1.16. The van der Waals surface area contributed by atoms with Gasteiger partial charge in [0.15, 0.2) is 0 Å². The van der Waals surface area contributed by atoms with E-state index < -0.39 is 0 Å². The van der Waals surface area contributed by atoms with Gasteiger partial charge in [0.05, 0.1) is 0 Å². The number of benzene rings is 1. The van der Waals surface area contributed by atoms with Crippen LogP contribution in [0.25, 0.3) is 0 Å². The van der Waals surface area contributed by atoms with E-state index in [2.05, 4.69) is 72.4 Å². The van der Waals surface area contributed by atoms with Gasteiger partial charge in [-0.05, 0) is 56.5 Å². The molecule has 0 amide bonds. The zero-order chi connectivity index (χ0) is 13.4. The van der Waals surface area contributed by atoms with Gasteiger partial charge in [-0.2, -0.15) is 0 Å². The van der Waals surface area contributed by atoms with Crippen LogP contribution in [-0.2, 0) is 6.42 Å². The van der Waals surface area contributed by atoms with Crippen LogP contribution in [0.3, 0.4) is 0 Å². The van der Waals surface area contributed by atoms with Crippen LogP contribution in [0.2, 0.25) is 0 Å². The summed E-state index contributed by atoms with van der Waals surface area (Å²) in [4.78, 5) is 0. The van der Waals surface area contributed by atoms with Crippen molar-refractivity contribution in [3.8, 4) is 0 Å². The molecule has 0 saturated carbocycles. The molecule has 1 aromatic carbocycles. The zero-order valence-corrected chi connectivity index (χ0v) is 13.3. The number of allylic oxidation sites excluding steroid dienone is 1. The summed E-state index contributed by atoms with van der Waals surface area (Å²) in [5.41, 5.74) is 2.81. The minimum absolute atomic E-state index is 0.733. The Kier molecular flexibility index (Phi) is 7.29. The lowest BCUT2D eigenvalue weighted by Gasteiger charge is -2.06. The Bertz CT molecular complexity index is 382. The second kappa shape index (κ2) is 8.49. The molecule has 0 unspecified atom stereocenters. The van der Waals surface area contributed by atoms with Crippen molar-refractivity contribution in [2.24, 2.45) is 5.92 Å². The third kappa shape index (κ3) is 6.97. The summed E-state index contributed by atoms with van der Waals surface area (Å²) in [5, 5.41) is 3.46. The van der Waals surface area contributed by atoms with Gasteiger partial charge in [-0.25, -0.2) is 0 Å². The van der Waals surface area contributed by atoms with Crippen molar-refractivity contribution in [2.45, 2.75) is 33.6 Å². The highest BCUT2D eigenvalue weighted by Crippen LogP contribution is 2.14. The third-order valence-electron chi connectivity index (χ3n) is 2.74. The number of rotatable bonds is 7. The molecule has 0 radical (unpaired) electrons. The molecule has 0 aliphatic rings. The molecule has 0 heterocycles. The average Bonchev–Trinajstić information content (AvgIpc) is 2.28. The SMILES string of the molecule is CC(=CCCNCC(C)C)Cc1cccc(Br)c1. The lowest BCUT2D eigenvalue weighted by Crippen LogP contribution is -2.20. The number of halogens is 1. The van der Waals surface area contributed by atoms with Gasteiger partial charge in [-0.15, -0.1) is 0 Å². The van der Waals surface area contributed by atoms with Gasteiger partial charge in [0, 0.05) is 4.47 Å². The van der Waals surface area contributed by atoms with Crippen molar-refractivity contribution in [1.82, 2.24) is 5.32 Å². The van der Waals surface area contributed by atoms with Crippen molar-refractivity contribution in [2.75, 3.05) is 13.1 Å². The molecule has 1 nitrogen and oxygen atoms in total. The first-order valence-electron chi connectivity index (χ1n) is 6.68. The predicted molar refractivity (Wildman–Crippen MR) is 83.9 cm³/mol. The normalized spacial score (nSPS) is 12.2. The van der Waals surface area contributed by atoms with E-state index >= 15 is 0 Å². The molecule has 1 rings (SSSR count). The summed E-state index contributed by atoms with van der Waals surface area (Å²) in [7, 11) is 0. The van der Waals surface area contributed by atoms with Crippen LogP contribution in [0.5, 0.6) is 0 Å². The minimum atomic E-state index is 0.733. The van der Waals surface area contributed by atoms with Gasteiger partial charge >= 0.3 is 0 Å². The minimum Gasteiger partial charge on any atom is -0.316 e. The molecular formula is C16H24BrN. The first kappa shape index (κ1) is 15.5. The maximum absolute atomic E-state index is 3.51. The van der Waals surface area contributed by atoms with Crippen LogP contribution >= 0.6 is 15.9 Å². The Morgan fingerprint density at radius 2 is 2.17 bits per heavy atom. The third-order valence-corrected chi connectivity index (χ3v) is 3.23. The van der Waals surface area contributed by atoms with E-state index in [4.69, 9.17) is 0 Å². The Hall–Kier alpha value is -0.600. The molecular weight excluding hydrogens is 286 g/mol. The highest BCUT2D eigenvalue weighted by Gasteiger charge is 1.96.